The molecule has 1 N–H and O–H groups in total. The van der Waals surface area contributed by atoms with Crippen LogP contribution >= 0.6 is 11.6 Å². The first-order chi connectivity index (χ1) is 6.43. The van der Waals surface area contributed by atoms with Gasteiger partial charge in [-0.15, -0.1) is 0 Å². The van der Waals surface area contributed by atoms with Crippen LogP contribution < -0.4 is 0 Å². The van der Waals surface area contributed by atoms with E-state index in [0.29, 0.717) is 0 Å². The number of halogens is 3. The van der Waals surface area contributed by atoms with E-state index < -0.39 is 23.1 Å². The molecule has 1 aromatic heterocycles. The summed E-state index contributed by atoms with van der Waals surface area (Å²) in [4.78, 5) is 14.1. The average molecular weight is 222 g/mol. The van der Waals surface area contributed by atoms with E-state index in [1.54, 1.807) is 0 Å². The summed E-state index contributed by atoms with van der Waals surface area (Å²) in [6, 6.07) is 1.15. The van der Waals surface area contributed by atoms with Gasteiger partial charge in [0.1, 0.15) is 5.69 Å². The third-order valence-corrected chi connectivity index (χ3v) is 1.77. The Morgan fingerprint density at radius 2 is 2.21 bits per heavy atom. The van der Waals surface area contributed by atoms with Crippen molar-refractivity contribution in [2.24, 2.45) is 0 Å². The quantitative estimate of drug-likeness (QED) is 0.781. The summed E-state index contributed by atoms with van der Waals surface area (Å²) < 4.78 is 24.5. The van der Waals surface area contributed by atoms with E-state index in [1.807, 2.05) is 0 Å². The molecule has 14 heavy (non-hydrogen) atoms. The number of carbonyl (C=O) groups is 1. The highest BCUT2D eigenvalue weighted by atomic mass is 35.5. The Bertz CT molecular complexity index is 382. The van der Waals surface area contributed by atoms with Crippen molar-refractivity contribution in [3.8, 4) is 5.75 Å². The summed E-state index contributed by atoms with van der Waals surface area (Å²) in [6.45, 7) is 1.43. The number of nitrogens with zero attached hydrogens (tertiary/aromatic N) is 1. The molecule has 1 rings (SSSR count). The van der Waals surface area contributed by atoms with Crippen molar-refractivity contribution in [3.05, 3.63) is 23.0 Å². The fraction of sp³-hybridized carbons (Fsp3) is 0.250. The van der Waals surface area contributed by atoms with Gasteiger partial charge in [-0.05, 0) is 24.6 Å². The molecule has 0 spiro atoms. The molecule has 0 unspecified atom stereocenters. The molecule has 0 amide bonds. The second kappa shape index (κ2) is 3.88. The number of aromatic nitrogens is 1. The molecule has 76 valence electrons. The van der Waals surface area contributed by atoms with E-state index in [9.17, 15) is 18.7 Å². The zero-order valence-corrected chi connectivity index (χ0v) is 7.85. The molecule has 1 heterocycles. The van der Waals surface area contributed by atoms with Crippen molar-refractivity contribution in [3.63, 3.8) is 0 Å². The number of pyridine rings is 1. The Hall–Kier alpha value is -1.23. The molecule has 0 radical (unpaired) electrons. The van der Waals surface area contributed by atoms with Gasteiger partial charge in [0.15, 0.2) is 5.75 Å². The summed E-state index contributed by atoms with van der Waals surface area (Å²) >= 11 is 5.09. The van der Waals surface area contributed by atoms with Gasteiger partial charge in [0, 0.05) is 5.69 Å². The molecular formula is C8H6ClF2NO2. The number of aryl methyl sites for hydroxylation is 1. The lowest BCUT2D eigenvalue weighted by Gasteiger charge is -2.06. The number of aromatic hydroxyl groups is 1. The second-order valence-electron chi connectivity index (χ2n) is 2.62. The van der Waals surface area contributed by atoms with Crippen LogP contribution in [0.5, 0.6) is 5.75 Å². The maximum Gasteiger partial charge on any atom is 0.284 e. The standard InChI is InChI=1S/C8H6ClF2NO2/c1-3-2-4(7(9)14)6(13)5(12-3)8(10)11/h2,8,13H,1H3. The van der Waals surface area contributed by atoms with Gasteiger partial charge in [-0.3, -0.25) is 4.79 Å². The molecule has 1 aromatic rings. The molecule has 0 saturated carbocycles. The van der Waals surface area contributed by atoms with E-state index in [0.717, 1.165) is 6.07 Å². The lowest BCUT2D eigenvalue weighted by molar-refractivity contribution is 0.107. The lowest BCUT2D eigenvalue weighted by atomic mass is 10.2. The van der Waals surface area contributed by atoms with Gasteiger partial charge in [-0.1, -0.05) is 0 Å². The number of hydrogen-bond acceptors (Lipinski definition) is 3. The lowest BCUT2D eigenvalue weighted by Crippen LogP contribution is -2.00. The largest absolute Gasteiger partial charge is 0.505 e. The monoisotopic (exact) mass is 221 g/mol. The van der Waals surface area contributed by atoms with E-state index in [2.05, 4.69) is 4.98 Å². The molecule has 0 saturated heterocycles. The van der Waals surface area contributed by atoms with Crippen molar-refractivity contribution >= 4 is 16.8 Å². The number of alkyl halides is 2. The first-order valence-electron chi connectivity index (χ1n) is 3.62. The molecule has 3 nitrogen and oxygen atoms in total. The summed E-state index contributed by atoms with van der Waals surface area (Å²) in [5.74, 6) is -0.856. The van der Waals surface area contributed by atoms with E-state index >= 15 is 0 Å². The molecule has 0 aromatic carbocycles. The van der Waals surface area contributed by atoms with Gasteiger partial charge >= 0.3 is 0 Å². The summed E-state index contributed by atoms with van der Waals surface area (Å²) in [6.07, 6.45) is -2.94. The van der Waals surface area contributed by atoms with Crippen molar-refractivity contribution < 1.29 is 18.7 Å². The van der Waals surface area contributed by atoms with E-state index in [-0.39, 0.29) is 11.3 Å². The summed E-state index contributed by atoms with van der Waals surface area (Å²) in [5.41, 5.74) is -0.981. The van der Waals surface area contributed by atoms with Crippen LogP contribution in [-0.4, -0.2) is 15.3 Å². The highest BCUT2D eigenvalue weighted by Gasteiger charge is 2.21. The molecule has 0 aliphatic carbocycles. The van der Waals surface area contributed by atoms with Gasteiger partial charge in [-0.2, -0.15) is 0 Å². The highest BCUT2D eigenvalue weighted by Crippen LogP contribution is 2.30. The van der Waals surface area contributed by atoms with Gasteiger partial charge in [0.2, 0.25) is 0 Å². The van der Waals surface area contributed by atoms with Crippen molar-refractivity contribution in [1.29, 1.82) is 0 Å². The number of carbonyl (C=O) groups excluding carboxylic acids is 1. The molecule has 0 bridgehead atoms. The minimum Gasteiger partial charge on any atom is -0.505 e. The van der Waals surface area contributed by atoms with E-state index in [1.165, 1.54) is 6.92 Å². The van der Waals surface area contributed by atoms with Gasteiger partial charge in [0.25, 0.3) is 11.7 Å². The third-order valence-electron chi connectivity index (χ3n) is 1.57. The summed E-state index contributed by atoms with van der Waals surface area (Å²) in [7, 11) is 0. The van der Waals surface area contributed by atoms with Crippen LogP contribution in [0.4, 0.5) is 8.78 Å². The Morgan fingerprint density at radius 1 is 1.64 bits per heavy atom. The van der Waals surface area contributed by atoms with Crippen LogP contribution in [0.15, 0.2) is 6.07 Å². The third kappa shape index (κ3) is 1.98. The first kappa shape index (κ1) is 10.8. The maximum absolute atomic E-state index is 12.3. The van der Waals surface area contributed by atoms with Crippen molar-refractivity contribution in [2.45, 2.75) is 13.3 Å². The molecule has 0 atom stereocenters. The van der Waals surface area contributed by atoms with Crippen LogP contribution in [0.1, 0.15) is 28.2 Å². The van der Waals surface area contributed by atoms with Crippen LogP contribution in [0.25, 0.3) is 0 Å². The first-order valence-corrected chi connectivity index (χ1v) is 3.99. The topological polar surface area (TPSA) is 50.2 Å². The van der Waals surface area contributed by atoms with Crippen molar-refractivity contribution in [2.75, 3.05) is 0 Å². The number of rotatable bonds is 2. The normalized spacial score (nSPS) is 10.6. The van der Waals surface area contributed by atoms with Gasteiger partial charge in [-0.25, -0.2) is 13.8 Å². The van der Waals surface area contributed by atoms with E-state index in [4.69, 9.17) is 11.6 Å². The molecule has 0 aliphatic rings. The van der Waals surface area contributed by atoms with Gasteiger partial charge < -0.3 is 5.11 Å². The fourth-order valence-electron chi connectivity index (χ4n) is 0.992. The van der Waals surface area contributed by atoms with Crippen LogP contribution in [0.2, 0.25) is 0 Å². The molecule has 0 aliphatic heterocycles. The van der Waals surface area contributed by atoms with Crippen LogP contribution in [0.3, 0.4) is 0 Å². The van der Waals surface area contributed by atoms with Crippen molar-refractivity contribution in [1.82, 2.24) is 4.98 Å². The predicted octanol–water partition coefficient (Wildman–Crippen LogP) is 2.41. The highest BCUT2D eigenvalue weighted by molar-refractivity contribution is 6.68. The minimum atomic E-state index is -2.94. The SMILES string of the molecule is Cc1cc(C(=O)Cl)c(O)c(C(F)F)n1. The predicted molar refractivity (Wildman–Crippen MR) is 45.8 cm³/mol. The molecule has 6 heteroatoms. The smallest absolute Gasteiger partial charge is 0.284 e. The molecule has 0 fully saturated rings. The fourth-order valence-corrected chi connectivity index (χ4v) is 1.14. The average Bonchev–Trinajstić information content (AvgIpc) is 2.07. The Kier molecular flexibility index (Phi) is 3.00. The second-order valence-corrected chi connectivity index (χ2v) is 2.96. The minimum absolute atomic E-state index is 0.196. The Balaban J connectivity index is 3.40. The maximum atomic E-state index is 12.3. The number of hydrogen-bond donors (Lipinski definition) is 1. The Labute approximate surface area is 83.3 Å². The zero-order chi connectivity index (χ0) is 10.9. The van der Waals surface area contributed by atoms with Gasteiger partial charge in [0.05, 0.1) is 5.56 Å². The van der Waals surface area contributed by atoms with Crippen LogP contribution in [-0.2, 0) is 0 Å². The molecular weight excluding hydrogens is 216 g/mol. The Morgan fingerprint density at radius 3 is 2.64 bits per heavy atom. The van der Waals surface area contributed by atoms with Crippen LogP contribution in [0, 0.1) is 6.92 Å². The zero-order valence-electron chi connectivity index (χ0n) is 7.09. The summed E-state index contributed by atoms with van der Waals surface area (Å²) in [5, 5.41) is 8.22.